The van der Waals surface area contributed by atoms with Crippen molar-refractivity contribution in [1.82, 2.24) is 0 Å². The maximum atomic E-state index is 10.1. The molecule has 0 aliphatic carbocycles. The van der Waals surface area contributed by atoms with E-state index in [-0.39, 0.29) is 6.10 Å². The quantitative estimate of drug-likeness (QED) is 0.845. The van der Waals surface area contributed by atoms with Gasteiger partial charge in [-0.3, -0.25) is 0 Å². The summed E-state index contributed by atoms with van der Waals surface area (Å²) >= 11 is 6.22. The first-order chi connectivity index (χ1) is 8.66. The minimum atomic E-state index is -0.610. The molecule has 0 fully saturated rings. The van der Waals surface area contributed by atoms with Crippen molar-refractivity contribution < 1.29 is 9.84 Å². The molecule has 0 bridgehead atoms. The zero-order valence-electron chi connectivity index (χ0n) is 9.93. The number of benzene rings is 2. The second-order valence-electron chi connectivity index (χ2n) is 4.51. The number of aliphatic hydroxyl groups is 1. The molecule has 3 heteroatoms. The summed E-state index contributed by atoms with van der Waals surface area (Å²) in [5.41, 5.74) is 2.85. The van der Waals surface area contributed by atoms with Crippen LogP contribution in [-0.2, 0) is 0 Å². The van der Waals surface area contributed by atoms with Crippen LogP contribution in [0.3, 0.4) is 0 Å². The van der Waals surface area contributed by atoms with Crippen LogP contribution >= 0.6 is 11.6 Å². The lowest BCUT2D eigenvalue weighted by molar-refractivity contribution is 0.0796. The van der Waals surface area contributed by atoms with E-state index >= 15 is 0 Å². The third-order valence-electron chi connectivity index (χ3n) is 3.25. The van der Waals surface area contributed by atoms with Crippen LogP contribution < -0.4 is 4.74 Å². The van der Waals surface area contributed by atoms with Crippen LogP contribution in [0.4, 0.5) is 0 Å². The topological polar surface area (TPSA) is 29.5 Å². The van der Waals surface area contributed by atoms with Gasteiger partial charge >= 0.3 is 0 Å². The molecule has 1 aliphatic rings. The maximum absolute atomic E-state index is 10.1. The number of halogens is 1. The van der Waals surface area contributed by atoms with Gasteiger partial charge in [-0.25, -0.2) is 0 Å². The van der Waals surface area contributed by atoms with Gasteiger partial charge in [-0.2, -0.15) is 0 Å². The molecule has 18 heavy (non-hydrogen) atoms. The van der Waals surface area contributed by atoms with Crippen LogP contribution in [0.1, 0.15) is 18.6 Å². The van der Waals surface area contributed by atoms with Gasteiger partial charge in [-0.15, -0.1) is 0 Å². The Bertz CT molecular complexity index is 581. The van der Waals surface area contributed by atoms with Crippen molar-refractivity contribution >= 4 is 11.6 Å². The van der Waals surface area contributed by atoms with Gasteiger partial charge < -0.3 is 9.84 Å². The molecule has 2 aromatic rings. The molecule has 0 aromatic heterocycles. The van der Waals surface area contributed by atoms with Crippen LogP contribution in [0.25, 0.3) is 11.1 Å². The monoisotopic (exact) mass is 260 g/mol. The number of fused-ring (bicyclic) bond motifs is 1. The van der Waals surface area contributed by atoms with Crippen molar-refractivity contribution in [3.63, 3.8) is 0 Å². The van der Waals surface area contributed by atoms with E-state index in [1.54, 1.807) is 0 Å². The van der Waals surface area contributed by atoms with Gasteiger partial charge in [-0.05, 0) is 30.2 Å². The molecule has 0 amide bonds. The van der Waals surface area contributed by atoms with E-state index < -0.39 is 6.10 Å². The predicted octanol–water partition coefficient (Wildman–Crippen LogP) is 3.82. The van der Waals surface area contributed by atoms with Gasteiger partial charge in [0.1, 0.15) is 18.0 Å². The highest BCUT2D eigenvalue weighted by molar-refractivity contribution is 6.32. The van der Waals surface area contributed by atoms with E-state index in [9.17, 15) is 5.11 Å². The number of hydrogen-bond donors (Lipinski definition) is 1. The van der Waals surface area contributed by atoms with E-state index in [1.165, 1.54) is 0 Å². The Kier molecular flexibility index (Phi) is 2.77. The first kappa shape index (κ1) is 11.6. The van der Waals surface area contributed by atoms with Crippen LogP contribution in [0, 0.1) is 0 Å². The van der Waals surface area contributed by atoms with Crippen LogP contribution in [0.5, 0.6) is 5.75 Å². The second kappa shape index (κ2) is 4.30. The third kappa shape index (κ3) is 1.78. The molecule has 0 saturated heterocycles. The van der Waals surface area contributed by atoms with Crippen molar-refractivity contribution in [2.75, 3.05) is 0 Å². The fraction of sp³-hybridized carbons (Fsp3) is 0.200. The van der Waals surface area contributed by atoms with E-state index in [0.29, 0.717) is 10.8 Å². The summed E-state index contributed by atoms with van der Waals surface area (Å²) in [5.74, 6) is 0.608. The second-order valence-corrected chi connectivity index (χ2v) is 4.92. The van der Waals surface area contributed by atoms with Gasteiger partial charge in [-0.1, -0.05) is 41.9 Å². The molecule has 0 radical (unpaired) electrons. The average molecular weight is 261 g/mol. The Balaban J connectivity index is 2.13. The van der Waals surface area contributed by atoms with Crippen LogP contribution in [-0.4, -0.2) is 11.2 Å². The molecular formula is C15H13ClO2. The molecule has 2 unspecified atom stereocenters. The van der Waals surface area contributed by atoms with E-state index in [4.69, 9.17) is 16.3 Å². The molecule has 2 aromatic carbocycles. The standard InChI is InChI=1S/C15H13ClO2/c1-9-14(17)12-7-11(8-13(16)15(12)18-9)10-5-3-2-4-6-10/h2-9,14,17H,1H3. The lowest BCUT2D eigenvalue weighted by Crippen LogP contribution is -2.12. The van der Waals surface area contributed by atoms with E-state index in [0.717, 1.165) is 16.7 Å². The summed E-state index contributed by atoms with van der Waals surface area (Å²) in [6.07, 6.45) is -0.857. The summed E-state index contributed by atoms with van der Waals surface area (Å²) in [5, 5.41) is 10.6. The largest absolute Gasteiger partial charge is 0.486 e. The lowest BCUT2D eigenvalue weighted by Gasteiger charge is -2.07. The molecule has 0 spiro atoms. The normalized spacial score (nSPS) is 21.5. The zero-order valence-corrected chi connectivity index (χ0v) is 10.7. The Morgan fingerprint density at radius 1 is 1.11 bits per heavy atom. The van der Waals surface area contributed by atoms with Gasteiger partial charge in [0.05, 0.1) is 5.02 Å². The van der Waals surface area contributed by atoms with Crippen molar-refractivity contribution in [1.29, 1.82) is 0 Å². The van der Waals surface area contributed by atoms with Crippen molar-refractivity contribution in [3.8, 4) is 16.9 Å². The molecule has 1 aliphatic heterocycles. The van der Waals surface area contributed by atoms with Crippen LogP contribution in [0.15, 0.2) is 42.5 Å². The maximum Gasteiger partial charge on any atom is 0.144 e. The number of aliphatic hydroxyl groups excluding tert-OH is 1. The fourth-order valence-corrected chi connectivity index (χ4v) is 2.53. The van der Waals surface area contributed by atoms with E-state index in [1.807, 2.05) is 49.4 Å². The first-order valence-corrected chi connectivity index (χ1v) is 6.28. The molecule has 0 saturated carbocycles. The minimum Gasteiger partial charge on any atom is -0.486 e. The number of ether oxygens (including phenoxy) is 1. The van der Waals surface area contributed by atoms with Crippen molar-refractivity contribution in [2.45, 2.75) is 19.1 Å². The summed E-state index contributed by atoms with van der Waals surface area (Å²) in [7, 11) is 0. The molecule has 2 atom stereocenters. The number of rotatable bonds is 1. The minimum absolute atomic E-state index is 0.247. The molecule has 2 nitrogen and oxygen atoms in total. The molecule has 3 rings (SSSR count). The zero-order chi connectivity index (χ0) is 12.7. The lowest BCUT2D eigenvalue weighted by atomic mass is 10.00. The summed E-state index contributed by atoms with van der Waals surface area (Å²) in [6, 6.07) is 13.8. The fourth-order valence-electron chi connectivity index (χ4n) is 2.26. The Morgan fingerprint density at radius 2 is 1.83 bits per heavy atom. The summed E-state index contributed by atoms with van der Waals surface area (Å²) in [4.78, 5) is 0. The molecule has 1 heterocycles. The number of hydrogen-bond acceptors (Lipinski definition) is 2. The summed E-state index contributed by atoms with van der Waals surface area (Å²) < 4.78 is 5.56. The first-order valence-electron chi connectivity index (χ1n) is 5.90. The molecule has 92 valence electrons. The van der Waals surface area contributed by atoms with Gasteiger partial charge in [0.15, 0.2) is 0 Å². The highest BCUT2D eigenvalue weighted by atomic mass is 35.5. The van der Waals surface area contributed by atoms with Gasteiger partial charge in [0.25, 0.3) is 0 Å². The van der Waals surface area contributed by atoms with Gasteiger partial charge in [0.2, 0.25) is 0 Å². The van der Waals surface area contributed by atoms with Crippen molar-refractivity contribution in [2.24, 2.45) is 0 Å². The average Bonchev–Trinajstić information content (AvgIpc) is 2.68. The van der Waals surface area contributed by atoms with Gasteiger partial charge in [0, 0.05) is 5.56 Å². The SMILES string of the molecule is CC1Oc2c(Cl)cc(-c3ccccc3)cc2C1O. The Morgan fingerprint density at radius 3 is 2.56 bits per heavy atom. The molecule has 1 N–H and O–H groups in total. The highest BCUT2D eigenvalue weighted by Crippen LogP contribution is 2.44. The molecular weight excluding hydrogens is 248 g/mol. The third-order valence-corrected chi connectivity index (χ3v) is 3.53. The van der Waals surface area contributed by atoms with Crippen molar-refractivity contribution in [3.05, 3.63) is 53.1 Å². The Labute approximate surface area is 111 Å². The summed E-state index contributed by atoms with van der Waals surface area (Å²) in [6.45, 7) is 1.84. The predicted molar refractivity (Wildman–Crippen MR) is 71.9 cm³/mol. The Hall–Kier alpha value is -1.51. The highest BCUT2D eigenvalue weighted by Gasteiger charge is 2.31. The van der Waals surface area contributed by atoms with E-state index in [2.05, 4.69) is 0 Å². The smallest absolute Gasteiger partial charge is 0.144 e. The van der Waals surface area contributed by atoms with Crippen LogP contribution in [0.2, 0.25) is 5.02 Å².